The van der Waals surface area contributed by atoms with E-state index in [-0.39, 0.29) is 5.82 Å². The molecular weight excluding hydrogens is 275 g/mol. The van der Waals surface area contributed by atoms with E-state index >= 15 is 0 Å². The van der Waals surface area contributed by atoms with Crippen LogP contribution in [-0.4, -0.2) is 15.4 Å². The number of halogens is 2. The molecule has 3 aromatic rings. The van der Waals surface area contributed by atoms with E-state index in [1.54, 1.807) is 6.07 Å². The van der Waals surface area contributed by atoms with Gasteiger partial charge in [-0.25, -0.2) is 9.37 Å². The fraction of sp³-hybridized carbons (Fsp3) is 0.188. The zero-order chi connectivity index (χ0) is 14.1. The van der Waals surface area contributed by atoms with Crippen molar-refractivity contribution in [3.05, 3.63) is 59.7 Å². The average molecular weight is 289 g/mol. The number of nitrogens with zero attached hydrogens (tertiary/aromatic N) is 2. The highest BCUT2D eigenvalue weighted by Crippen LogP contribution is 2.24. The normalized spacial score (nSPS) is 11.2. The molecule has 20 heavy (non-hydrogen) atoms. The van der Waals surface area contributed by atoms with Gasteiger partial charge in [-0.3, -0.25) is 4.57 Å². The van der Waals surface area contributed by atoms with Crippen molar-refractivity contribution in [1.82, 2.24) is 9.55 Å². The summed E-state index contributed by atoms with van der Waals surface area (Å²) in [6.45, 7) is 2.05. The van der Waals surface area contributed by atoms with Crippen LogP contribution in [0.5, 0.6) is 0 Å². The molecule has 0 amide bonds. The van der Waals surface area contributed by atoms with Gasteiger partial charge >= 0.3 is 0 Å². The van der Waals surface area contributed by atoms with Crippen molar-refractivity contribution >= 4 is 22.6 Å². The van der Waals surface area contributed by atoms with Crippen molar-refractivity contribution in [3.63, 3.8) is 0 Å². The molecule has 0 bridgehead atoms. The summed E-state index contributed by atoms with van der Waals surface area (Å²) in [5.41, 5.74) is 3.77. The van der Waals surface area contributed by atoms with Gasteiger partial charge in [-0.05, 0) is 30.7 Å². The number of hydrogen-bond acceptors (Lipinski definition) is 1. The summed E-state index contributed by atoms with van der Waals surface area (Å²) in [7, 11) is 0. The molecule has 2 nitrogen and oxygen atoms in total. The average Bonchev–Trinajstić information content (AvgIpc) is 2.77. The van der Waals surface area contributed by atoms with Crippen LogP contribution in [0.15, 0.2) is 42.5 Å². The lowest BCUT2D eigenvalue weighted by Gasteiger charge is -2.11. The third-order valence-corrected chi connectivity index (χ3v) is 3.55. The second-order valence-corrected chi connectivity index (χ2v) is 5.10. The second kappa shape index (κ2) is 5.25. The highest BCUT2D eigenvalue weighted by molar-refractivity contribution is 6.17. The van der Waals surface area contributed by atoms with E-state index in [4.69, 9.17) is 11.6 Å². The zero-order valence-electron chi connectivity index (χ0n) is 11.1. The molecule has 0 aliphatic rings. The number of rotatable bonds is 3. The van der Waals surface area contributed by atoms with E-state index in [1.807, 2.05) is 18.2 Å². The topological polar surface area (TPSA) is 17.8 Å². The zero-order valence-corrected chi connectivity index (χ0v) is 11.9. The first-order valence-corrected chi connectivity index (χ1v) is 7.03. The Balaban J connectivity index is 2.32. The molecule has 0 saturated carbocycles. The van der Waals surface area contributed by atoms with Crippen molar-refractivity contribution in [2.24, 2.45) is 0 Å². The lowest BCUT2D eigenvalue weighted by molar-refractivity contribution is 0.629. The van der Waals surface area contributed by atoms with Crippen molar-refractivity contribution < 1.29 is 4.39 Å². The minimum atomic E-state index is -0.274. The highest BCUT2D eigenvalue weighted by Gasteiger charge is 2.13. The first kappa shape index (κ1) is 13.1. The SMILES string of the molecule is Cc1ccccc1-n1c(CCCl)nc2cc(F)ccc21. The molecule has 3 rings (SSSR count). The molecule has 0 saturated heterocycles. The number of fused-ring (bicyclic) bond motifs is 1. The number of aromatic nitrogens is 2. The van der Waals surface area contributed by atoms with Gasteiger partial charge in [0.1, 0.15) is 11.6 Å². The van der Waals surface area contributed by atoms with Crippen molar-refractivity contribution in [2.75, 3.05) is 5.88 Å². The van der Waals surface area contributed by atoms with Gasteiger partial charge in [-0.15, -0.1) is 11.6 Å². The Bertz CT molecular complexity index is 764. The van der Waals surface area contributed by atoms with E-state index < -0.39 is 0 Å². The van der Waals surface area contributed by atoms with Gasteiger partial charge < -0.3 is 0 Å². The Labute approximate surface area is 121 Å². The van der Waals surface area contributed by atoms with Crippen LogP contribution < -0.4 is 0 Å². The third kappa shape index (κ3) is 2.18. The van der Waals surface area contributed by atoms with E-state index in [2.05, 4.69) is 22.5 Å². The van der Waals surface area contributed by atoms with Gasteiger partial charge in [0.05, 0.1) is 16.7 Å². The number of hydrogen-bond donors (Lipinski definition) is 0. The summed E-state index contributed by atoms with van der Waals surface area (Å²) < 4.78 is 15.4. The summed E-state index contributed by atoms with van der Waals surface area (Å²) in [5, 5.41) is 0. The number of aryl methyl sites for hydroxylation is 2. The lowest BCUT2D eigenvalue weighted by Crippen LogP contribution is -2.03. The molecule has 0 spiro atoms. The van der Waals surface area contributed by atoms with Crippen LogP contribution in [-0.2, 0) is 6.42 Å². The molecule has 0 aliphatic carbocycles. The summed E-state index contributed by atoms with van der Waals surface area (Å²) >= 11 is 5.87. The monoisotopic (exact) mass is 288 g/mol. The van der Waals surface area contributed by atoms with Crippen LogP contribution in [0.25, 0.3) is 16.7 Å². The predicted octanol–water partition coefficient (Wildman–Crippen LogP) is 4.25. The first-order valence-electron chi connectivity index (χ1n) is 6.49. The fourth-order valence-corrected chi connectivity index (χ4v) is 2.61. The molecule has 4 heteroatoms. The van der Waals surface area contributed by atoms with Crippen molar-refractivity contribution in [2.45, 2.75) is 13.3 Å². The first-order chi connectivity index (χ1) is 9.70. The van der Waals surface area contributed by atoms with Crippen LogP contribution in [0.2, 0.25) is 0 Å². The largest absolute Gasteiger partial charge is 0.296 e. The second-order valence-electron chi connectivity index (χ2n) is 4.72. The molecule has 0 atom stereocenters. The van der Waals surface area contributed by atoms with Crippen LogP contribution in [0.1, 0.15) is 11.4 Å². The maximum Gasteiger partial charge on any atom is 0.125 e. The Morgan fingerprint density at radius 1 is 1.20 bits per heavy atom. The number of imidazole rings is 1. The maximum atomic E-state index is 13.4. The van der Waals surface area contributed by atoms with Gasteiger partial charge in [0.2, 0.25) is 0 Å². The summed E-state index contributed by atoms with van der Waals surface area (Å²) in [6.07, 6.45) is 0.645. The molecule has 1 aromatic heterocycles. The van der Waals surface area contributed by atoms with Crippen LogP contribution >= 0.6 is 11.6 Å². The Hall–Kier alpha value is -1.87. The number of alkyl halides is 1. The predicted molar refractivity (Wildman–Crippen MR) is 80.2 cm³/mol. The number of para-hydroxylation sites is 1. The Kier molecular flexibility index (Phi) is 3.45. The smallest absolute Gasteiger partial charge is 0.125 e. The number of benzene rings is 2. The Morgan fingerprint density at radius 3 is 2.75 bits per heavy atom. The summed E-state index contributed by atoms with van der Waals surface area (Å²) in [4.78, 5) is 4.52. The van der Waals surface area contributed by atoms with Crippen LogP contribution in [0, 0.1) is 12.7 Å². The van der Waals surface area contributed by atoms with Gasteiger partial charge in [0, 0.05) is 18.4 Å². The quantitative estimate of drug-likeness (QED) is 0.659. The van der Waals surface area contributed by atoms with Gasteiger partial charge in [-0.2, -0.15) is 0 Å². The standard InChI is InChI=1S/C16H14ClFN2/c1-11-4-2-3-5-14(11)20-15-7-6-12(18)10-13(15)19-16(20)8-9-17/h2-7,10H,8-9H2,1H3. The van der Waals surface area contributed by atoms with E-state index in [9.17, 15) is 4.39 Å². The van der Waals surface area contributed by atoms with E-state index in [0.717, 1.165) is 22.6 Å². The fourth-order valence-electron chi connectivity index (χ4n) is 2.44. The van der Waals surface area contributed by atoms with Gasteiger partial charge in [0.15, 0.2) is 0 Å². The van der Waals surface area contributed by atoms with Crippen LogP contribution in [0.3, 0.4) is 0 Å². The third-order valence-electron chi connectivity index (χ3n) is 3.36. The van der Waals surface area contributed by atoms with Gasteiger partial charge in [0.25, 0.3) is 0 Å². The maximum absolute atomic E-state index is 13.4. The summed E-state index contributed by atoms with van der Waals surface area (Å²) in [5.74, 6) is 1.07. The molecule has 2 aromatic carbocycles. The Morgan fingerprint density at radius 2 is 2.00 bits per heavy atom. The lowest BCUT2D eigenvalue weighted by atomic mass is 10.2. The minimum Gasteiger partial charge on any atom is -0.296 e. The van der Waals surface area contributed by atoms with E-state index in [0.29, 0.717) is 17.8 Å². The molecule has 0 fully saturated rings. The van der Waals surface area contributed by atoms with Crippen molar-refractivity contribution in [3.8, 4) is 5.69 Å². The molecule has 1 heterocycles. The molecule has 0 N–H and O–H groups in total. The van der Waals surface area contributed by atoms with Crippen molar-refractivity contribution in [1.29, 1.82) is 0 Å². The molecular formula is C16H14ClFN2. The van der Waals surface area contributed by atoms with E-state index in [1.165, 1.54) is 12.1 Å². The molecule has 0 unspecified atom stereocenters. The molecule has 102 valence electrons. The van der Waals surface area contributed by atoms with Crippen LogP contribution in [0.4, 0.5) is 4.39 Å². The summed E-state index contributed by atoms with van der Waals surface area (Å²) in [6, 6.07) is 12.8. The molecule has 0 aliphatic heterocycles. The van der Waals surface area contributed by atoms with Gasteiger partial charge in [-0.1, -0.05) is 18.2 Å². The molecule has 0 radical (unpaired) electrons. The highest BCUT2D eigenvalue weighted by atomic mass is 35.5. The minimum absolute atomic E-state index is 0.274.